The van der Waals surface area contributed by atoms with Gasteiger partial charge in [0.25, 0.3) is 0 Å². The molecule has 0 spiro atoms. The largest absolute Gasteiger partial charge is 0.375 e. The van der Waals surface area contributed by atoms with Crippen molar-refractivity contribution in [3.63, 3.8) is 0 Å². The van der Waals surface area contributed by atoms with Crippen LogP contribution in [0.1, 0.15) is 0 Å². The molecule has 0 aliphatic heterocycles. The summed E-state index contributed by atoms with van der Waals surface area (Å²) in [5.74, 6) is -0.394. The second kappa shape index (κ2) is 3.78. The summed E-state index contributed by atoms with van der Waals surface area (Å²) in [4.78, 5) is 4.21. The minimum atomic E-state index is -0.394. The first kappa shape index (κ1) is 9.35. The molecule has 5 heteroatoms. The molecular formula is C8H9FN4. The van der Waals surface area contributed by atoms with Crippen molar-refractivity contribution in [2.75, 3.05) is 19.0 Å². The van der Waals surface area contributed by atoms with Gasteiger partial charge in [-0.1, -0.05) is 11.2 Å². The lowest BCUT2D eigenvalue weighted by Crippen LogP contribution is -2.10. The van der Waals surface area contributed by atoms with Crippen LogP contribution in [-0.4, -0.2) is 14.1 Å². The van der Waals surface area contributed by atoms with Crippen LogP contribution in [0.5, 0.6) is 0 Å². The van der Waals surface area contributed by atoms with Crippen LogP contribution in [0.2, 0.25) is 0 Å². The zero-order valence-electron chi connectivity index (χ0n) is 7.40. The Balaban J connectivity index is 3.12. The lowest BCUT2D eigenvalue weighted by molar-refractivity contribution is 0.626. The first-order chi connectivity index (χ1) is 6.15. The summed E-state index contributed by atoms with van der Waals surface area (Å²) in [5.41, 5.74) is 8.87. The number of nitrogens with zero attached hydrogens (tertiary/aromatic N) is 4. The number of anilines is 1. The predicted molar refractivity (Wildman–Crippen MR) is 49.5 cm³/mol. The predicted octanol–water partition coefficient (Wildman–Crippen LogP) is 2.83. The molecule has 0 aliphatic rings. The summed E-state index contributed by atoms with van der Waals surface area (Å²) >= 11 is 0. The van der Waals surface area contributed by atoms with Gasteiger partial charge in [-0.15, -0.1) is 0 Å². The average Bonchev–Trinajstić information content (AvgIpc) is 2.04. The summed E-state index contributed by atoms with van der Waals surface area (Å²) < 4.78 is 13.2. The molecule has 13 heavy (non-hydrogen) atoms. The van der Waals surface area contributed by atoms with Gasteiger partial charge in [0, 0.05) is 24.7 Å². The fourth-order valence-electron chi connectivity index (χ4n) is 0.972. The normalized spacial score (nSPS) is 9.15. The molecule has 1 aromatic rings. The highest BCUT2D eigenvalue weighted by atomic mass is 19.1. The summed E-state index contributed by atoms with van der Waals surface area (Å²) in [6.45, 7) is 0. The molecule has 0 saturated heterocycles. The molecule has 0 atom stereocenters. The van der Waals surface area contributed by atoms with E-state index in [4.69, 9.17) is 5.53 Å². The van der Waals surface area contributed by atoms with Gasteiger partial charge in [-0.05, 0) is 17.7 Å². The van der Waals surface area contributed by atoms with Gasteiger partial charge in [0.15, 0.2) is 0 Å². The van der Waals surface area contributed by atoms with Crippen LogP contribution < -0.4 is 4.90 Å². The molecular weight excluding hydrogens is 171 g/mol. The minimum absolute atomic E-state index is 0.283. The van der Waals surface area contributed by atoms with Crippen LogP contribution in [0.15, 0.2) is 23.3 Å². The second-order valence-corrected chi connectivity index (χ2v) is 2.72. The van der Waals surface area contributed by atoms with Crippen molar-refractivity contribution in [3.8, 4) is 0 Å². The first-order valence-electron chi connectivity index (χ1n) is 3.67. The Morgan fingerprint density at radius 2 is 2.15 bits per heavy atom. The van der Waals surface area contributed by atoms with Crippen molar-refractivity contribution in [1.82, 2.24) is 0 Å². The third kappa shape index (κ3) is 2.10. The highest BCUT2D eigenvalue weighted by Gasteiger charge is 2.03. The zero-order chi connectivity index (χ0) is 9.84. The van der Waals surface area contributed by atoms with Gasteiger partial charge in [-0.2, -0.15) is 0 Å². The molecule has 68 valence electrons. The molecule has 0 N–H and O–H groups in total. The van der Waals surface area contributed by atoms with E-state index < -0.39 is 5.82 Å². The Labute approximate surface area is 75.2 Å². The van der Waals surface area contributed by atoms with Crippen LogP contribution in [-0.2, 0) is 0 Å². The Bertz CT molecular complexity index is 355. The van der Waals surface area contributed by atoms with E-state index in [0.717, 1.165) is 0 Å². The van der Waals surface area contributed by atoms with Crippen molar-refractivity contribution < 1.29 is 4.39 Å². The number of halogens is 1. The Kier molecular flexibility index (Phi) is 2.72. The van der Waals surface area contributed by atoms with Crippen LogP contribution in [0, 0.1) is 5.82 Å². The molecule has 0 unspecified atom stereocenters. The van der Waals surface area contributed by atoms with Gasteiger partial charge < -0.3 is 4.90 Å². The van der Waals surface area contributed by atoms with Crippen molar-refractivity contribution >= 4 is 11.4 Å². The third-order valence-electron chi connectivity index (χ3n) is 1.57. The van der Waals surface area contributed by atoms with Crippen molar-refractivity contribution in [1.29, 1.82) is 0 Å². The number of rotatable bonds is 2. The first-order valence-corrected chi connectivity index (χ1v) is 3.67. The average molecular weight is 180 g/mol. The molecule has 0 radical (unpaired) electrons. The Morgan fingerprint density at radius 1 is 1.46 bits per heavy atom. The molecule has 0 saturated carbocycles. The van der Waals surface area contributed by atoms with E-state index in [2.05, 4.69) is 10.0 Å². The molecule has 0 aliphatic carbocycles. The number of benzene rings is 1. The summed E-state index contributed by atoms with van der Waals surface area (Å²) in [6, 6.07) is 4.34. The van der Waals surface area contributed by atoms with Crippen LogP contribution in [0.25, 0.3) is 10.4 Å². The number of hydrogen-bond donors (Lipinski definition) is 0. The van der Waals surface area contributed by atoms with Gasteiger partial charge in [0.1, 0.15) is 5.82 Å². The van der Waals surface area contributed by atoms with Gasteiger partial charge >= 0.3 is 0 Å². The maximum absolute atomic E-state index is 13.2. The molecule has 4 nitrogen and oxygen atoms in total. The maximum Gasteiger partial charge on any atom is 0.146 e. The van der Waals surface area contributed by atoms with Crippen LogP contribution in [0.3, 0.4) is 0 Å². The molecule has 1 aromatic carbocycles. The number of hydrogen-bond acceptors (Lipinski definition) is 2. The van der Waals surface area contributed by atoms with Crippen LogP contribution >= 0.6 is 0 Å². The summed E-state index contributed by atoms with van der Waals surface area (Å²) in [6.07, 6.45) is 0. The fraction of sp³-hybridized carbons (Fsp3) is 0.250. The van der Waals surface area contributed by atoms with E-state index in [0.29, 0.717) is 5.69 Å². The fourth-order valence-corrected chi connectivity index (χ4v) is 0.972. The standard InChI is InChI=1S/C8H9FN4/c1-13(2)8-4-3-6(11-12-10)5-7(8)9/h3-5H,1-2H3. The Morgan fingerprint density at radius 3 is 2.62 bits per heavy atom. The maximum atomic E-state index is 13.2. The molecule has 0 bridgehead atoms. The van der Waals surface area contributed by atoms with Crippen LogP contribution in [0.4, 0.5) is 15.8 Å². The van der Waals surface area contributed by atoms with E-state index in [1.165, 1.54) is 6.07 Å². The van der Waals surface area contributed by atoms with E-state index in [-0.39, 0.29) is 5.69 Å². The van der Waals surface area contributed by atoms with E-state index in [1.54, 1.807) is 31.1 Å². The second-order valence-electron chi connectivity index (χ2n) is 2.72. The summed E-state index contributed by atoms with van der Waals surface area (Å²) in [7, 11) is 3.48. The zero-order valence-corrected chi connectivity index (χ0v) is 7.40. The third-order valence-corrected chi connectivity index (χ3v) is 1.57. The van der Waals surface area contributed by atoms with Crippen molar-refractivity contribution in [2.24, 2.45) is 5.11 Å². The lowest BCUT2D eigenvalue weighted by Gasteiger charge is -2.12. The van der Waals surface area contributed by atoms with Gasteiger partial charge in [0.2, 0.25) is 0 Å². The molecule has 0 amide bonds. The monoisotopic (exact) mass is 180 g/mol. The van der Waals surface area contributed by atoms with Crippen molar-refractivity contribution in [3.05, 3.63) is 34.5 Å². The minimum Gasteiger partial charge on any atom is -0.375 e. The quantitative estimate of drug-likeness (QED) is 0.392. The van der Waals surface area contributed by atoms with Gasteiger partial charge in [-0.3, -0.25) is 0 Å². The summed E-state index contributed by atoms with van der Waals surface area (Å²) in [5, 5.41) is 3.29. The molecule has 1 rings (SSSR count). The lowest BCUT2D eigenvalue weighted by atomic mass is 10.2. The van der Waals surface area contributed by atoms with Gasteiger partial charge in [0.05, 0.1) is 5.69 Å². The Hall–Kier alpha value is -1.74. The van der Waals surface area contributed by atoms with E-state index >= 15 is 0 Å². The van der Waals surface area contributed by atoms with Crippen molar-refractivity contribution in [2.45, 2.75) is 0 Å². The smallest absolute Gasteiger partial charge is 0.146 e. The molecule has 0 aromatic heterocycles. The highest BCUT2D eigenvalue weighted by Crippen LogP contribution is 2.22. The SMILES string of the molecule is CN(C)c1ccc(N=[N+]=[N-])cc1F. The molecule has 0 fully saturated rings. The highest BCUT2D eigenvalue weighted by molar-refractivity contribution is 5.53. The van der Waals surface area contributed by atoms with E-state index in [1.807, 2.05) is 0 Å². The molecule has 0 heterocycles. The van der Waals surface area contributed by atoms with Gasteiger partial charge in [-0.25, -0.2) is 4.39 Å². The van der Waals surface area contributed by atoms with E-state index in [9.17, 15) is 4.39 Å². The number of azide groups is 1. The topological polar surface area (TPSA) is 52.0 Å².